The van der Waals surface area contributed by atoms with Gasteiger partial charge in [-0.3, -0.25) is 0 Å². The van der Waals surface area contributed by atoms with Crippen LogP contribution < -0.4 is 16.8 Å². The maximum Gasteiger partial charge on any atom is 0.191 e. The zero-order valence-corrected chi connectivity index (χ0v) is 12.0. The Balaban J connectivity index is 2.18. The quantitative estimate of drug-likeness (QED) is 0.296. The molecule has 0 saturated heterocycles. The van der Waals surface area contributed by atoms with Crippen LogP contribution in [0, 0.1) is 0 Å². The Morgan fingerprint density at radius 2 is 2.05 bits per heavy atom. The van der Waals surface area contributed by atoms with Crippen LogP contribution in [0.2, 0.25) is 0 Å². The lowest BCUT2D eigenvalue weighted by Crippen LogP contribution is -2.35. The molecule has 20 heavy (non-hydrogen) atoms. The van der Waals surface area contributed by atoms with E-state index in [2.05, 4.69) is 22.2 Å². The Labute approximate surface area is 121 Å². The van der Waals surface area contributed by atoms with E-state index >= 15 is 0 Å². The molecule has 0 saturated carbocycles. The summed E-state index contributed by atoms with van der Waals surface area (Å²) >= 11 is 1.49. The monoisotopic (exact) mass is 297 g/mol. The third-order valence-corrected chi connectivity index (χ3v) is 3.98. The molecule has 0 radical (unpaired) electrons. The average Bonchev–Trinajstić information content (AvgIpc) is 2.73. The summed E-state index contributed by atoms with van der Waals surface area (Å²) < 4.78 is 0. The predicted octanol–water partition coefficient (Wildman–Crippen LogP) is 0.215. The molecule has 110 valence electrons. The molecule has 1 aromatic rings. The molecule has 2 rings (SSSR count). The second-order valence-corrected chi connectivity index (χ2v) is 5.60. The van der Waals surface area contributed by atoms with Gasteiger partial charge in [-0.05, 0) is 6.42 Å². The van der Waals surface area contributed by atoms with Gasteiger partial charge in [0.1, 0.15) is 17.9 Å². The van der Waals surface area contributed by atoms with Gasteiger partial charge in [0, 0.05) is 5.75 Å². The summed E-state index contributed by atoms with van der Waals surface area (Å²) in [4.78, 5) is 8.42. The number of thioether (sulfide) groups is 1. The number of hydrogen-bond donors (Lipinski definition) is 5. The number of nitrogens with two attached hydrogens (primary N) is 2. The topological polar surface area (TPSA) is 130 Å². The van der Waals surface area contributed by atoms with Gasteiger partial charge >= 0.3 is 0 Å². The van der Waals surface area contributed by atoms with Crippen LogP contribution in [-0.2, 0) is 0 Å². The maximum absolute atomic E-state index is 9.79. The summed E-state index contributed by atoms with van der Waals surface area (Å²) in [6, 6.07) is -0.453. The normalized spacial score (nSPS) is 25.1. The zero-order chi connectivity index (χ0) is 14.7. The number of aliphatic hydroxyl groups excluding tert-OH is 2. The molecule has 3 unspecified atom stereocenters. The SMILES string of the molecule is CCCSc1nc(N)c(N)c(NC2C=CC(O)C2O)n1. The minimum atomic E-state index is -0.933. The third kappa shape index (κ3) is 3.14. The Morgan fingerprint density at radius 1 is 1.30 bits per heavy atom. The van der Waals surface area contributed by atoms with Gasteiger partial charge in [0.25, 0.3) is 0 Å². The molecule has 1 heterocycles. The van der Waals surface area contributed by atoms with Gasteiger partial charge in [-0.15, -0.1) is 0 Å². The first-order chi connectivity index (χ1) is 9.52. The Kier molecular flexibility index (Phi) is 4.69. The van der Waals surface area contributed by atoms with E-state index in [0.717, 1.165) is 12.2 Å². The van der Waals surface area contributed by atoms with E-state index in [-0.39, 0.29) is 11.5 Å². The average molecular weight is 297 g/mol. The molecule has 0 aliphatic heterocycles. The van der Waals surface area contributed by atoms with Gasteiger partial charge in [-0.2, -0.15) is 0 Å². The van der Waals surface area contributed by atoms with Gasteiger partial charge in [0.05, 0.1) is 6.04 Å². The summed E-state index contributed by atoms with van der Waals surface area (Å²) in [7, 11) is 0. The van der Waals surface area contributed by atoms with E-state index in [9.17, 15) is 10.2 Å². The largest absolute Gasteiger partial charge is 0.393 e. The van der Waals surface area contributed by atoms with Crippen molar-refractivity contribution in [3.8, 4) is 0 Å². The molecule has 1 aliphatic carbocycles. The van der Waals surface area contributed by atoms with Crippen LogP contribution in [0.3, 0.4) is 0 Å². The van der Waals surface area contributed by atoms with E-state index in [4.69, 9.17) is 11.5 Å². The smallest absolute Gasteiger partial charge is 0.191 e. The minimum Gasteiger partial charge on any atom is -0.393 e. The first-order valence-corrected chi connectivity index (χ1v) is 7.38. The highest BCUT2D eigenvalue weighted by atomic mass is 32.2. The summed E-state index contributed by atoms with van der Waals surface area (Å²) in [6.07, 6.45) is 2.37. The van der Waals surface area contributed by atoms with Crippen molar-refractivity contribution < 1.29 is 10.2 Å². The molecule has 0 bridgehead atoms. The zero-order valence-electron chi connectivity index (χ0n) is 11.2. The van der Waals surface area contributed by atoms with E-state index in [0.29, 0.717) is 11.0 Å². The third-order valence-electron chi connectivity index (χ3n) is 2.93. The maximum atomic E-state index is 9.79. The first-order valence-electron chi connectivity index (χ1n) is 6.39. The number of aromatic nitrogens is 2. The lowest BCUT2D eigenvalue weighted by molar-refractivity contribution is 0.0552. The summed E-state index contributed by atoms with van der Waals surface area (Å²) in [5.74, 6) is 1.46. The van der Waals surface area contributed by atoms with Crippen molar-refractivity contribution >= 4 is 29.1 Å². The first kappa shape index (κ1) is 14.9. The van der Waals surface area contributed by atoms with Crippen molar-refractivity contribution in [1.82, 2.24) is 9.97 Å². The number of nitrogen functional groups attached to an aromatic ring is 2. The highest BCUT2D eigenvalue weighted by Crippen LogP contribution is 2.27. The molecular formula is C12H19N5O2S. The van der Waals surface area contributed by atoms with Crippen LogP contribution in [0.1, 0.15) is 13.3 Å². The molecule has 0 aromatic carbocycles. The standard InChI is InChI=1S/C12H19N5O2S/c1-2-5-20-12-16-10(14)8(13)11(17-12)15-6-3-4-7(18)9(6)19/h3-4,6-7,9,18-19H,2,5,13H2,1H3,(H3,14,15,16,17). The molecule has 3 atom stereocenters. The molecule has 0 fully saturated rings. The fourth-order valence-electron chi connectivity index (χ4n) is 1.80. The van der Waals surface area contributed by atoms with Gasteiger partial charge in [-0.25, -0.2) is 9.97 Å². The van der Waals surface area contributed by atoms with E-state index < -0.39 is 18.2 Å². The number of hydrogen-bond acceptors (Lipinski definition) is 8. The Bertz CT molecular complexity index is 511. The molecule has 1 aliphatic rings. The number of nitrogens with one attached hydrogen (secondary N) is 1. The lowest BCUT2D eigenvalue weighted by atomic mass is 10.2. The second-order valence-electron chi connectivity index (χ2n) is 4.54. The molecule has 1 aromatic heterocycles. The fraction of sp³-hybridized carbons (Fsp3) is 0.500. The fourth-order valence-corrected chi connectivity index (χ4v) is 2.50. The van der Waals surface area contributed by atoms with E-state index in [1.54, 1.807) is 6.08 Å². The van der Waals surface area contributed by atoms with Crippen molar-refractivity contribution in [2.45, 2.75) is 36.8 Å². The number of rotatable bonds is 5. The van der Waals surface area contributed by atoms with Crippen molar-refractivity contribution in [2.24, 2.45) is 0 Å². The van der Waals surface area contributed by atoms with E-state index in [1.807, 2.05) is 0 Å². The predicted molar refractivity (Wildman–Crippen MR) is 80.4 cm³/mol. The summed E-state index contributed by atoms with van der Waals surface area (Å²) in [6.45, 7) is 2.06. The molecule has 0 amide bonds. The molecule has 7 N–H and O–H groups in total. The van der Waals surface area contributed by atoms with Crippen molar-refractivity contribution in [3.63, 3.8) is 0 Å². The number of nitrogens with zero attached hydrogens (tertiary/aromatic N) is 2. The second kappa shape index (κ2) is 6.29. The van der Waals surface area contributed by atoms with Gasteiger partial charge in [-0.1, -0.05) is 30.8 Å². The number of aliphatic hydroxyl groups is 2. The van der Waals surface area contributed by atoms with Gasteiger partial charge in [0.2, 0.25) is 0 Å². The molecule has 7 nitrogen and oxygen atoms in total. The van der Waals surface area contributed by atoms with Gasteiger partial charge < -0.3 is 27.0 Å². The van der Waals surface area contributed by atoms with Crippen LogP contribution in [0.5, 0.6) is 0 Å². The molecule has 8 heteroatoms. The lowest BCUT2D eigenvalue weighted by Gasteiger charge is -2.20. The van der Waals surface area contributed by atoms with E-state index in [1.165, 1.54) is 17.8 Å². The van der Waals surface area contributed by atoms with Gasteiger partial charge in [0.15, 0.2) is 16.8 Å². The Hall–Kier alpha value is -1.51. The number of anilines is 3. The highest BCUT2D eigenvalue weighted by Gasteiger charge is 2.29. The molecule has 0 spiro atoms. The van der Waals surface area contributed by atoms with Crippen LogP contribution >= 0.6 is 11.8 Å². The summed E-state index contributed by atoms with van der Waals surface area (Å²) in [5.41, 5.74) is 11.9. The summed E-state index contributed by atoms with van der Waals surface area (Å²) in [5, 5.41) is 22.8. The van der Waals surface area contributed by atoms with Crippen LogP contribution in [0.4, 0.5) is 17.3 Å². The Morgan fingerprint density at radius 3 is 2.65 bits per heavy atom. The van der Waals surface area contributed by atoms with Crippen molar-refractivity contribution in [3.05, 3.63) is 12.2 Å². The highest BCUT2D eigenvalue weighted by molar-refractivity contribution is 7.99. The molecular weight excluding hydrogens is 278 g/mol. The minimum absolute atomic E-state index is 0.207. The van der Waals surface area contributed by atoms with Crippen LogP contribution in [0.25, 0.3) is 0 Å². The van der Waals surface area contributed by atoms with Crippen molar-refractivity contribution in [1.29, 1.82) is 0 Å². The van der Waals surface area contributed by atoms with Crippen LogP contribution in [-0.4, -0.2) is 44.2 Å². The van der Waals surface area contributed by atoms with Crippen LogP contribution in [0.15, 0.2) is 17.3 Å². The van der Waals surface area contributed by atoms with Crippen molar-refractivity contribution in [2.75, 3.05) is 22.5 Å².